The summed E-state index contributed by atoms with van der Waals surface area (Å²) in [6, 6.07) is 10.4. The number of carbonyl (C=O) groups excluding carboxylic acids is 4. The number of hydrogen-bond donors (Lipinski definition) is 3. The van der Waals surface area contributed by atoms with Crippen molar-refractivity contribution in [1.82, 2.24) is 30.3 Å². The summed E-state index contributed by atoms with van der Waals surface area (Å²) < 4.78 is 11.9. The van der Waals surface area contributed by atoms with E-state index < -0.39 is 48.4 Å². The summed E-state index contributed by atoms with van der Waals surface area (Å²) in [5.41, 5.74) is 1.74. The van der Waals surface area contributed by atoms with Crippen molar-refractivity contribution in [3.8, 4) is 0 Å². The van der Waals surface area contributed by atoms with Gasteiger partial charge in [0.25, 0.3) is 0 Å². The van der Waals surface area contributed by atoms with E-state index in [0.29, 0.717) is 25.1 Å². The minimum Gasteiger partial charge on any atom is -0.386 e. The number of ether oxygens (including phenoxy) is 2. The largest absolute Gasteiger partial charge is 0.386 e. The van der Waals surface area contributed by atoms with Gasteiger partial charge in [-0.15, -0.1) is 0 Å². The van der Waals surface area contributed by atoms with E-state index in [4.69, 9.17) is 9.47 Å². The van der Waals surface area contributed by atoms with Crippen molar-refractivity contribution in [3.63, 3.8) is 0 Å². The van der Waals surface area contributed by atoms with E-state index in [1.807, 2.05) is 96.0 Å². The lowest BCUT2D eigenvalue weighted by atomic mass is 9.91. The first kappa shape index (κ1) is 47.5. The number of nitrogens with one attached hydrogen (secondary N) is 2. The topological polar surface area (TPSA) is 154 Å². The van der Waals surface area contributed by atoms with Gasteiger partial charge in [-0.25, -0.2) is 0 Å². The van der Waals surface area contributed by atoms with E-state index in [1.165, 1.54) is 0 Å². The third-order valence-corrected chi connectivity index (χ3v) is 11.5. The zero-order chi connectivity index (χ0) is 42.6. The summed E-state index contributed by atoms with van der Waals surface area (Å²) in [5.74, 6) is -1.83. The van der Waals surface area contributed by atoms with Crippen LogP contribution in [0.15, 0.2) is 54.9 Å². The second-order valence-electron chi connectivity index (χ2n) is 16.8. The molecule has 13 heteroatoms. The molecule has 318 valence electrons. The van der Waals surface area contributed by atoms with Crippen LogP contribution in [0.25, 0.3) is 0 Å². The molecule has 4 amide bonds. The number of amides is 4. The molecule has 13 nitrogen and oxygen atoms in total. The zero-order valence-corrected chi connectivity index (χ0v) is 36.3. The Hall–Kier alpha value is -3.91. The zero-order valence-electron chi connectivity index (χ0n) is 36.3. The third-order valence-electron chi connectivity index (χ3n) is 11.5. The van der Waals surface area contributed by atoms with E-state index >= 15 is 0 Å². The Labute approximate surface area is 341 Å². The molecule has 0 spiro atoms. The predicted molar refractivity (Wildman–Crippen MR) is 222 cm³/mol. The van der Waals surface area contributed by atoms with Gasteiger partial charge >= 0.3 is 0 Å². The second kappa shape index (κ2) is 22.3. The first-order valence-corrected chi connectivity index (χ1v) is 20.5. The molecule has 1 saturated heterocycles. The van der Waals surface area contributed by atoms with Crippen LogP contribution in [0.4, 0.5) is 0 Å². The number of aliphatic hydroxyl groups is 1. The van der Waals surface area contributed by atoms with Crippen molar-refractivity contribution in [2.45, 2.75) is 130 Å². The molecule has 1 aliphatic heterocycles. The number of rotatable bonds is 21. The van der Waals surface area contributed by atoms with Crippen molar-refractivity contribution in [2.75, 3.05) is 34.9 Å². The summed E-state index contributed by atoms with van der Waals surface area (Å²) >= 11 is 0. The fourth-order valence-electron chi connectivity index (χ4n) is 8.42. The molecule has 2 aromatic rings. The lowest BCUT2D eigenvalue weighted by Crippen LogP contribution is -2.59. The van der Waals surface area contributed by atoms with E-state index in [2.05, 4.69) is 15.6 Å². The molecule has 3 rings (SSSR count). The highest BCUT2D eigenvalue weighted by Crippen LogP contribution is 2.29. The minimum atomic E-state index is -0.883. The van der Waals surface area contributed by atoms with Gasteiger partial charge in [0.1, 0.15) is 6.04 Å². The quantitative estimate of drug-likeness (QED) is 0.167. The molecule has 2 heterocycles. The minimum absolute atomic E-state index is 0.0126. The van der Waals surface area contributed by atoms with Crippen LogP contribution < -0.4 is 10.6 Å². The van der Waals surface area contributed by atoms with Gasteiger partial charge < -0.3 is 35.0 Å². The van der Waals surface area contributed by atoms with Gasteiger partial charge in [-0.2, -0.15) is 0 Å². The van der Waals surface area contributed by atoms with E-state index in [9.17, 15) is 24.3 Å². The number of aromatic nitrogens is 1. The first-order valence-electron chi connectivity index (χ1n) is 20.5. The molecule has 57 heavy (non-hydrogen) atoms. The predicted octanol–water partition coefficient (Wildman–Crippen LogP) is 4.45. The van der Waals surface area contributed by atoms with Crippen LogP contribution in [0.5, 0.6) is 0 Å². The van der Waals surface area contributed by atoms with Crippen molar-refractivity contribution in [1.29, 1.82) is 0 Å². The van der Waals surface area contributed by atoms with Crippen LogP contribution in [0.2, 0.25) is 0 Å². The molecule has 1 aromatic carbocycles. The molecular weight excluding hydrogens is 725 g/mol. The maximum absolute atomic E-state index is 14.4. The third kappa shape index (κ3) is 12.5. The fraction of sp³-hybridized carbons (Fsp3) is 0.659. The van der Waals surface area contributed by atoms with Crippen LogP contribution in [-0.4, -0.2) is 126 Å². The summed E-state index contributed by atoms with van der Waals surface area (Å²) in [5, 5.41) is 16.9. The van der Waals surface area contributed by atoms with E-state index in [0.717, 1.165) is 12.0 Å². The lowest BCUT2D eigenvalue weighted by molar-refractivity contribution is -0.148. The molecule has 0 saturated carbocycles. The Bertz CT molecular complexity index is 1560. The van der Waals surface area contributed by atoms with Gasteiger partial charge in [-0.05, 0) is 67.8 Å². The number of aliphatic hydroxyl groups excluding tert-OH is 1. The number of likely N-dealkylation sites (tertiary alicyclic amines) is 1. The summed E-state index contributed by atoms with van der Waals surface area (Å²) in [6.07, 6.45) is 2.77. The Morgan fingerprint density at radius 2 is 1.49 bits per heavy atom. The molecule has 0 unspecified atom stereocenters. The van der Waals surface area contributed by atoms with E-state index in [1.54, 1.807) is 57.3 Å². The Kier molecular flexibility index (Phi) is 18.6. The van der Waals surface area contributed by atoms with Crippen molar-refractivity contribution in [2.24, 2.45) is 23.7 Å². The average molecular weight is 795 g/mol. The molecule has 0 aliphatic carbocycles. The summed E-state index contributed by atoms with van der Waals surface area (Å²) in [6.45, 7) is 16.4. The molecule has 1 fully saturated rings. The first-order chi connectivity index (χ1) is 26.9. The van der Waals surface area contributed by atoms with Crippen LogP contribution in [0.3, 0.4) is 0 Å². The number of methoxy groups -OCH3 is 2. The van der Waals surface area contributed by atoms with Crippen LogP contribution in [0, 0.1) is 23.7 Å². The SMILES string of the molecule is CO[C@H]([C@@H](C)C(=O)N[C@H](C)[C@@H](O)c1ccccc1)[C@@H]1CCCN1C(=O)C[C@@H](OC)[C@H](C(C)C)N(C)C(=O)[C@@H](NC(=O)[C@H](C(C)C)N(C)Cc1ccncc1)C(C)C. The van der Waals surface area contributed by atoms with E-state index in [-0.39, 0.29) is 53.8 Å². The summed E-state index contributed by atoms with van der Waals surface area (Å²) in [7, 11) is 6.73. The lowest BCUT2D eigenvalue weighted by Gasteiger charge is -2.40. The fourth-order valence-corrected chi connectivity index (χ4v) is 8.42. The Balaban J connectivity index is 1.74. The maximum Gasteiger partial charge on any atom is 0.245 e. The monoisotopic (exact) mass is 795 g/mol. The second-order valence-corrected chi connectivity index (χ2v) is 16.8. The smallest absolute Gasteiger partial charge is 0.245 e. The number of benzene rings is 1. The maximum atomic E-state index is 14.4. The molecule has 9 atom stereocenters. The average Bonchev–Trinajstić information content (AvgIpc) is 3.66. The van der Waals surface area contributed by atoms with Gasteiger partial charge in [-0.3, -0.25) is 29.1 Å². The highest BCUT2D eigenvalue weighted by Gasteiger charge is 2.43. The Morgan fingerprint density at radius 1 is 0.860 bits per heavy atom. The van der Waals surface area contributed by atoms with Crippen molar-refractivity contribution in [3.05, 3.63) is 66.0 Å². The highest BCUT2D eigenvalue weighted by molar-refractivity contribution is 5.90. The number of pyridine rings is 1. The highest BCUT2D eigenvalue weighted by atomic mass is 16.5. The van der Waals surface area contributed by atoms with Gasteiger partial charge in [-0.1, -0.05) is 78.8 Å². The molecule has 1 aliphatic rings. The van der Waals surface area contributed by atoms with Gasteiger partial charge in [0.05, 0.1) is 54.8 Å². The standard InChI is InChI=1S/C44H70N6O7/c1-27(2)37(47-43(54)39(29(5)6)48(9)26-32-20-22-45-23-21-32)44(55)49(10)38(28(3)4)35(56-11)25-36(51)50-24-16-19-34(50)41(57-12)30(7)42(53)46-31(8)40(52)33-17-14-13-15-18-33/h13-15,17-18,20-23,27-31,34-35,37-41,52H,16,19,24-26H2,1-12H3,(H,46,53)(H,47,54)/t30-,31-,34+,35-,37+,38+,39+,40-,41-/m1/s1. The van der Waals surface area contributed by atoms with Crippen molar-refractivity contribution >= 4 is 23.6 Å². The number of likely N-dealkylation sites (N-methyl/N-ethyl adjacent to an activating group) is 2. The number of nitrogens with zero attached hydrogens (tertiary/aromatic N) is 4. The molecule has 0 radical (unpaired) electrons. The number of carbonyl (C=O) groups is 4. The molecule has 0 bridgehead atoms. The molecule has 1 aromatic heterocycles. The van der Waals surface area contributed by atoms with Crippen LogP contribution >= 0.6 is 0 Å². The molecule has 3 N–H and O–H groups in total. The van der Waals surface area contributed by atoms with Gasteiger partial charge in [0.15, 0.2) is 0 Å². The Morgan fingerprint density at radius 3 is 2.04 bits per heavy atom. The number of hydrogen-bond acceptors (Lipinski definition) is 9. The van der Waals surface area contributed by atoms with Gasteiger partial charge in [0.2, 0.25) is 23.6 Å². The van der Waals surface area contributed by atoms with Crippen LogP contribution in [-0.2, 0) is 35.2 Å². The van der Waals surface area contributed by atoms with Gasteiger partial charge in [0, 0.05) is 46.8 Å². The normalized spacial score (nSPS) is 18.8. The molecular formula is C44H70N6O7. The summed E-state index contributed by atoms with van der Waals surface area (Å²) in [4.78, 5) is 65.5. The van der Waals surface area contributed by atoms with Crippen LogP contribution in [0.1, 0.15) is 91.9 Å². The van der Waals surface area contributed by atoms with Crippen molar-refractivity contribution < 1.29 is 33.8 Å².